The number of anilines is 2. The van der Waals surface area contributed by atoms with Crippen LogP contribution in [0.5, 0.6) is 0 Å². The van der Waals surface area contributed by atoms with Crippen molar-refractivity contribution in [3.8, 4) is 0 Å². The number of benzene rings is 1. The smallest absolute Gasteiger partial charge is 0.227 e. The van der Waals surface area contributed by atoms with Crippen LogP contribution in [0.15, 0.2) is 24.3 Å². The van der Waals surface area contributed by atoms with Crippen molar-refractivity contribution in [2.45, 2.75) is 12.8 Å². The van der Waals surface area contributed by atoms with Crippen LogP contribution in [0.2, 0.25) is 0 Å². The lowest BCUT2D eigenvalue weighted by Crippen LogP contribution is -2.43. The zero-order valence-corrected chi connectivity index (χ0v) is 10.5. The molecule has 1 amide bonds. The first-order valence-corrected chi connectivity index (χ1v) is 6.69. The lowest BCUT2D eigenvalue weighted by molar-refractivity contribution is -0.117. The summed E-state index contributed by atoms with van der Waals surface area (Å²) in [5, 5.41) is 6.31. The molecule has 3 rings (SSSR count). The van der Waals surface area contributed by atoms with E-state index in [2.05, 4.69) is 27.7 Å². The average molecular weight is 245 g/mol. The van der Waals surface area contributed by atoms with Crippen molar-refractivity contribution >= 4 is 17.3 Å². The summed E-state index contributed by atoms with van der Waals surface area (Å²) in [5.41, 5.74) is 2.15. The topological polar surface area (TPSA) is 44.4 Å². The highest BCUT2D eigenvalue weighted by Crippen LogP contribution is 2.30. The third-order valence-corrected chi connectivity index (χ3v) is 3.57. The van der Waals surface area contributed by atoms with Crippen molar-refractivity contribution in [1.29, 1.82) is 0 Å². The summed E-state index contributed by atoms with van der Waals surface area (Å²) in [6.07, 6.45) is 2.09. The van der Waals surface area contributed by atoms with E-state index in [1.165, 1.54) is 5.69 Å². The molecule has 0 atom stereocenters. The fourth-order valence-electron chi connectivity index (χ4n) is 2.27. The minimum atomic E-state index is 0.171. The number of carbonyl (C=O) groups is 1. The quantitative estimate of drug-likeness (QED) is 0.847. The third-order valence-electron chi connectivity index (χ3n) is 3.57. The molecule has 18 heavy (non-hydrogen) atoms. The number of hydrogen-bond acceptors (Lipinski definition) is 3. The Morgan fingerprint density at radius 3 is 2.44 bits per heavy atom. The van der Waals surface area contributed by atoms with E-state index < -0.39 is 0 Å². The summed E-state index contributed by atoms with van der Waals surface area (Å²) in [6.45, 7) is 4.18. The number of carbonyl (C=O) groups excluding carboxylic acids is 1. The molecular weight excluding hydrogens is 226 g/mol. The second kappa shape index (κ2) is 4.98. The first kappa shape index (κ1) is 11.5. The van der Waals surface area contributed by atoms with Crippen LogP contribution in [0, 0.1) is 5.92 Å². The highest BCUT2D eigenvalue weighted by atomic mass is 16.2. The highest BCUT2D eigenvalue weighted by molar-refractivity contribution is 5.94. The van der Waals surface area contributed by atoms with Gasteiger partial charge in [0.05, 0.1) is 0 Å². The lowest BCUT2D eigenvalue weighted by atomic mass is 10.2. The van der Waals surface area contributed by atoms with Gasteiger partial charge in [-0.3, -0.25) is 4.79 Å². The standard InChI is InChI=1S/C14H19N3O/c18-14(11-1-2-11)16-12-3-5-13(6-4-12)17-9-7-15-8-10-17/h3-6,11,15H,1-2,7-10H2,(H,16,18). The van der Waals surface area contributed by atoms with Gasteiger partial charge in [0.2, 0.25) is 5.91 Å². The number of piperazine rings is 1. The maximum absolute atomic E-state index is 11.6. The molecule has 2 aliphatic rings. The molecule has 0 aromatic heterocycles. The zero-order valence-electron chi connectivity index (χ0n) is 10.5. The van der Waals surface area contributed by atoms with E-state index in [0.29, 0.717) is 0 Å². The van der Waals surface area contributed by atoms with Crippen LogP contribution in [0.4, 0.5) is 11.4 Å². The van der Waals surface area contributed by atoms with E-state index in [9.17, 15) is 4.79 Å². The molecule has 1 aromatic rings. The maximum atomic E-state index is 11.6. The largest absolute Gasteiger partial charge is 0.369 e. The van der Waals surface area contributed by atoms with Gasteiger partial charge in [0.15, 0.2) is 0 Å². The number of rotatable bonds is 3. The Bertz CT molecular complexity index is 419. The van der Waals surface area contributed by atoms with Gasteiger partial charge in [-0.25, -0.2) is 0 Å². The summed E-state index contributed by atoms with van der Waals surface area (Å²) < 4.78 is 0. The normalized spacial score (nSPS) is 19.7. The third kappa shape index (κ3) is 2.64. The molecule has 2 N–H and O–H groups in total. The molecule has 0 spiro atoms. The summed E-state index contributed by atoms with van der Waals surface area (Å²) in [7, 11) is 0. The van der Waals surface area contributed by atoms with Crippen molar-refractivity contribution in [3.05, 3.63) is 24.3 Å². The molecule has 4 nitrogen and oxygen atoms in total. The SMILES string of the molecule is O=C(Nc1ccc(N2CCNCC2)cc1)C1CC1. The Kier molecular flexibility index (Phi) is 3.19. The summed E-state index contributed by atoms with van der Waals surface area (Å²) in [6, 6.07) is 8.18. The molecule has 0 bridgehead atoms. The molecule has 1 aliphatic heterocycles. The van der Waals surface area contributed by atoms with Gasteiger partial charge >= 0.3 is 0 Å². The predicted octanol–water partition coefficient (Wildman–Crippen LogP) is 1.44. The summed E-state index contributed by atoms with van der Waals surface area (Å²) in [4.78, 5) is 14.0. The summed E-state index contributed by atoms with van der Waals surface area (Å²) >= 11 is 0. The van der Waals surface area contributed by atoms with E-state index in [0.717, 1.165) is 44.7 Å². The van der Waals surface area contributed by atoms with Gasteiger partial charge in [-0.05, 0) is 37.1 Å². The Hall–Kier alpha value is -1.55. The lowest BCUT2D eigenvalue weighted by Gasteiger charge is -2.29. The fraction of sp³-hybridized carbons (Fsp3) is 0.500. The predicted molar refractivity (Wildman–Crippen MR) is 72.9 cm³/mol. The maximum Gasteiger partial charge on any atom is 0.227 e. The van der Waals surface area contributed by atoms with E-state index >= 15 is 0 Å². The first-order valence-electron chi connectivity index (χ1n) is 6.69. The van der Waals surface area contributed by atoms with Crippen molar-refractivity contribution in [1.82, 2.24) is 5.32 Å². The highest BCUT2D eigenvalue weighted by Gasteiger charge is 2.29. The second-order valence-electron chi connectivity index (χ2n) is 5.05. The molecule has 0 radical (unpaired) electrons. The monoisotopic (exact) mass is 245 g/mol. The average Bonchev–Trinajstić information content (AvgIpc) is 3.25. The molecular formula is C14H19N3O. The number of hydrogen-bond donors (Lipinski definition) is 2. The van der Waals surface area contributed by atoms with Crippen molar-refractivity contribution < 1.29 is 4.79 Å². The molecule has 1 saturated carbocycles. The van der Waals surface area contributed by atoms with Gasteiger partial charge in [0.25, 0.3) is 0 Å². The number of nitrogens with one attached hydrogen (secondary N) is 2. The minimum absolute atomic E-state index is 0.171. The molecule has 2 fully saturated rings. The van der Waals surface area contributed by atoms with E-state index in [-0.39, 0.29) is 11.8 Å². The molecule has 1 heterocycles. The Morgan fingerprint density at radius 1 is 1.17 bits per heavy atom. The van der Waals surface area contributed by atoms with Gasteiger partial charge in [-0.1, -0.05) is 0 Å². The molecule has 0 unspecified atom stereocenters. The molecule has 1 aromatic carbocycles. The number of amides is 1. The van der Waals surface area contributed by atoms with Crippen molar-refractivity contribution in [3.63, 3.8) is 0 Å². The van der Waals surface area contributed by atoms with Crippen LogP contribution in [0.3, 0.4) is 0 Å². The molecule has 1 saturated heterocycles. The molecule has 4 heteroatoms. The van der Waals surface area contributed by atoms with Crippen molar-refractivity contribution in [2.24, 2.45) is 5.92 Å². The van der Waals surface area contributed by atoms with E-state index in [1.54, 1.807) is 0 Å². The molecule has 96 valence electrons. The Labute approximate surface area is 107 Å². The van der Waals surface area contributed by atoms with Gasteiger partial charge in [0.1, 0.15) is 0 Å². The van der Waals surface area contributed by atoms with Crippen LogP contribution in [0.25, 0.3) is 0 Å². The van der Waals surface area contributed by atoms with Crippen molar-refractivity contribution in [2.75, 3.05) is 36.4 Å². The minimum Gasteiger partial charge on any atom is -0.369 e. The van der Waals surface area contributed by atoms with Crippen LogP contribution in [-0.4, -0.2) is 32.1 Å². The fourth-order valence-corrected chi connectivity index (χ4v) is 2.27. The Balaban J connectivity index is 1.62. The van der Waals surface area contributed by atoms with Gasteiger partial charge in [-0.2, -0.15) is 0 Å². The van der Waals surface area contributed by atoms with Crippen LogP contribution in [0.1, 0.15) is 12.8 Å². The molecule has 1 aliphatic carbocycles. The van der Waals surface area contributed by atoms with Crippen LogP contribution >= 0.6 is 0 Å². The van der Waals surface area contributed by atoms with Crippen LogP contribution in [-0.2, 0) is 4.79 Å². The summed E-state index contributed by atoms with van der Waals surface area (Å²) in [5.74, 6) is 0.433. The van der Waals surface area contributed by atoms with Crippen LogP contribution < -0.4 is 15.5 Å². The van der Waals surface area contributed by atoms with E-state index in [4.69, 9.17) is 0 Å². The second-order valence-corrected chi connectivity index (χ2v) is 5.05. The first-order chi connectivity index (χ1) is 8.83. The van der Waals surface area contributed by atoms with E-state index in [1.807, 2.05) is 12.1 Å². The number of nitrogens with zero attached hydrogens (tertiary/aromatic N) is 1. The van der Waals surface area contributed by atoms with Gasteiger partial charge < -0.3 is 15.5 Å². The van der Waals surface area contributed by atoms with Gasteiger partial charge in [0, 0.05) is 43.5 Å². The zero-order chi connectivity index (χ0) is 12.4. The van der Waals surface area contributed by atoms with Gasteiger partial charge in [-0.15, -0.1) is 0 Å². The Morgan fingerprint density at radius 2 is 1.83 bits per heavy atom.